The number of benzene rings is 2. The monoisotopic (exact) mass is 716 g/mol. The lowest BCUT2D eigenvalue weighted by atomic mass is 10.0. The fourth-order valence-electron chi connectivity index (χ4n) is 5.98. The highest BCUT2D eigenvalue weighted by molar-refractivity contribution is 9.10. The van der Waals surface area contributed by atoms with Crippen molar-refractivity contribution >= 4 is 50.3 Å². The molecule has 12 nitrogen and oxygen atoms in total. The Morgan fingerprint density at radius 3 is 2.42 bits per heavy atom. The highest BCUT2D eigenvalue weighted by Gasteiger charge is 2.29. The second kappa shape index (κ2) is 13.6. The molecule has 0 radical (unpaired) electrons. The Morgan fingerprint density at radius 1 is 1.08 bits per heavy atom. The zero-order chi connectivity index (χ0) is 34.1. The summed E-state index contributed by atoms with van der Waals surface area (Å²) in [4.78, 5) is 50.2. The predicted octanol–water partition coefficient (Wildman–Crippen LogP) is 5.35. The Balaban J connectivity index is 1.27. The van der Waals surface area contributed by atoms with Crippen molar-refractivity contribution in [3.63, 3.8) is 0 Å². The molecule has 0 unspecified atom stereocenters. The van der Waals surface area contributed by atoms with E-state index in [9.17, 15) is 18.8 Å². The molecule has 0 aliphatic carbocycles. The number of nitrogens with one attached hydrogen (secondary N) is 1. The second-order valence-corrected chi connectivity index (χ2v) is 12.8. The van der Waals surface area contributed by atoms with Crippen molar-refractivity contribution in [2.24, 2.45) is 5.92 Å². The van der Waals surface area contributed by atoms with Gasteiger partial charge in [-0.3, -0.25) is 19.0 Å². The predicted molar refractivity (Wildman–Crippen MR) is 183 cm³/mol. The van der Waals surface area contributed by atoms with E-state index in [-0.39, 0.29) is 30.0 Å². The average Bonchev–Trinajstić information content (AvgIpc) is 3.48. The van der Waals surface area contributed by atoms with Gasteiger partial charge in [0.25, 0.3) is 11.5 Å². The zero-order valence-electron chi connectivity index (χ0n) is 26.6. The molecule has 1 aliphatic rings. The Hall–Kier alpha value is -4.95. The maximum atomic E-state index is 13.6. The molecule has 4 heterocycles. The third-order valence-electron chi connectivity index (χ3n) is 8.41. The molecule has 1 fully saturated rings. The van der Waals surface area contributed by atoms with Gasteiger partial charge < -0.3 is 20.7 Å². The average molecular weight is 718 g/mol. The van der Waals surface area contributed by atoms with Crippen molar-refractivity contribution in [2.75, 3.05) is 31.2 Å². The molecule has 1 saturated heterocycles. The number of ether oxygens (including phenoxy) is 1. The van der Waals surface area contributed by atoms with E-state index in [1.807, 2.05) is 23.4 Å². The number of methoxy groups -OCH3 is 1. The second-order valence-electron chi connectivity index (χ2n) is 11.9. The number of anilines is 2. The van der Waals surface area contributed by atoms with Crippen LogP contribution in [-0.4, -0.2) is 61.2 Å². The van der Waals surface area contributed by atoms with Gasteiger partial charge in [-0.2, -0.15) is 5.10 Å². The number of nitrogen functional groups attached to an aromatic ring is 1. The molecule has 0 bridgehead atoms. The van der Waals surface area contributed by atoms with Gasteiger partial charge in [-0.15, -0.1) is 0 Å². The number of fused-ring (bicyclic) bond motifs is 1. The lowest BCUT2D eigenvalue weighted by Gasteiger charge is -2.33. The van der Waals surface area contributed by atoms with Crippen LogP contribution in [0.5, 0.6) is 0 Å². The molecule has 6 rings (SSSR count). The van der Waals surface area contributed by atoms with Crippen LogP contribution in [0.25, 0.3) is 28.0 Å². The largest absolute Gasteiger partial charge is 0.383 e. The molecule has 0 saturated carbocycles. The molecule has 2 amide bonds. The molecular weight excluding hydrogens is 683 g/mol. The summed E-state index contributed by atoms with van der Waals surface area (Å²) in [5.74, 6) is -0.685. The van der Waals surface area contributed by atoms with Gasteiger partial charge in [-0.1, -0.05) is 26.0 Å². The Morgan fingerprint density at radius 2 is 1.77 bits per heavy atom. The Kier molecular flexibility index (Phi) is 9.38. The molecule has 3 aromatic heterocycles. The maximum absolute atomic E-state index is 13.6. The number of hydrogen-bond donors (Lipinski definition) is 2. The summed E-state index contributed by atoms with van der Waals surface area (Å²) in [5.41, 5.74) is 8.88. The van der Waals surface area contributed by atoms with Crippen LogP contribution < -0.4 is 16.6 Å². The molecule has 0 spiro atoms. The van der Waals surface area contributed by atoms with Crippen LogP contribution in [0.2, 0.25) is 0 Å². The number of likely N-dealkylation sites (tertiary alicyclic amines) is 1. The molecule has 3 N–H and O–H groups in total. The molecule has 0 atom stereocenters. The summed E-state index contributed by atoms with van der Waals surface area (Å²) in [6, 6.07) is 13.9. The summed E-state index contributed by atoms with van der Waals surface area (Å²) in [5, 5.41) is 8.36. The lowest BCUT2D eigenvalue weighted by Crippen LogP contribution is -2.41. The van der Waals surface area contributed by atoms with E-state index in [0.717, 1.165) is 18.4 Å². The first-order chi connectivity index (χ1) is 23.1. The maximum Gasteiger partial charge on any atom is 0.268 e. The normalized spacial score (nSPS) is 13.8. The molecule has 14 heteroatoms. The fourth-order valence-corrected chi connectivity index (χ4v) is 6.50. The number of pyridine rings is 1. The van der Waals surface area contributed by atoms with Crippen LogP contribution in [-0.2, 0) is 16.1 Å². The molecule has 2 aromatic carbocycles. The molecule has 48 heavy (non-hydrogen) atoms. The lowest BCUT2D eigenvalue weighted by molar-refractivity contribution is -0.135. The summed E-state index contributed by atoms with van der Waals surface area (Å²) < 4.78 is 22.6. The quantitative estimate of drug-likeness (QED) is 0.218. The van der Waals surface area contributed by atoms with Gasteiger partial charge in [-0.05, 0) is 71.2 Å². The summed E-state index contributed by atoms with van der Waals surface area (Å²) >= 11 is 3.46. The first-order valence-electron chi connectivity index (χ1n) is 15.5. The molecule has 5 aromatic rings. The van der Waals surface area contributed by atoms with Crippen LogP contribution in [0, 0.1) is 11.7 Å². The standard InChI is InChI=1S/C34H34BrFN8O4/c1-19(2)33(46)42-14-12-24(13-15-42)44-31-28(30(37)38-18-39-31)29(41-44)20-4-8-22(9-5-20)40-32(45)25-16-26(35)27(17-48-3)43(34(25)47)23-10-6-21(36)7-11-23/h4-11,16,18-19,24H,12-15,17H2,1-3H3,(H,40,45)(H2,37,38,39). The van der Waals surface area contributed by atoms with Gasteiger partial charge in [0.2, 0.25) is 5.91 Å². The number of amides is 2. The van der Waals surface area contributed by atoms with E-state index in [1.54, 1.807) is 24.3 Å². The number of carbonyl (C=O) groups excluding carboxylic acids is 2. The van der Waals surface area contributed by atoms with Gasteiger partial charge in [-0.25, -0.2) is 19.0 Å². The minimum Gasteiger partial charge on any atom is -0.383 e. The van der Waals surface area contributed by atoms with E-state index in [2.05, 4.69) is 31.2 Å². The highest BCUT2D eigenvalue weighted by Crippen LogP contribution is 2.35. The van der Waals surface area contributed by atoms with Gasteiger partial charge >= 0.3 is 0 Å². The minimum absolute atomic E-state index is 0.0267. The molecule has 248 valence electrons. The van der Waals surface area contributed by atoms with Crippen LogP contribution in [0.15, 0.2) is 70.2 Å². The topological polar surface area (TPSA) is 150 Å². The molecular formula is C34H34BrFN8O4. The number of piperidine rings is 1. The van der Waals surface area contributed by atoms with Crippen LogP contribution in [0.4, 0.5) is 15.9 Å². The van der Waals surface area contributed by atoms with Gasteiger partial charge in [0.15, 0.2) is 5.65 Å². The number of carbonyl (C=O) groups is 2. The Bertz CT molecular complexity index is 2050. The first kappa shape index (κ1) is 33.0. The van der Waals surface area contributed by atoms with Gasteiger partial charge in [0.1, 0.15) is 29.2 Å². The smallest absolute Gasteiger partial charge is 0.268 e. The van der Waals surface area contributed by atoms with Crippen molar-refractivity contribution in [3.8, 4) is 16.9 Å². The van der Waals surface area contributed by atoms with E-state index >= 15 is 0 Å². The van der Waals surface area contributed by atoms with E-state index in [0.29, 0.717) is 57.2 Å². The summed E-state index contributed by atoms with van der Waals surface area (Å²) in [6.07, 6.45) is 2.88. The first-order valence-corrected chi connectivity index (χ1v) is 16.2. The van der Waals surface area contributed by atoms with Crippen molar-refractivity contribution in [3.05, 3.63) is 92.8 Å². The number of nitrogens with two attached hydrogens (primary N) is 1. The van der Waals surface area contributed by atoms with Crippen molar-refractivity contribution in [2.45, 2.75) is 39.3 Å². The van der Waals surface area contributed by atoms with E-state index in [1.165, 1.54) is 48.3 Å². The zero-order valence-corrected chi connectivity index (χ0v) is 28.2. The van der Waals surface area contributed by atoms with Crippen molar-refractivity contribution < 1.29 is 18.7 Å². The summed E-state index contributed by atoms with van der Waals surface area (Å²) in [6.45, 7) is 5.16. The van der Waals surface area contributed by atoms with Gasteiger partial charge in [0, 0.05) is 47.5 Å². The van der Waals surface area contributed by atoms with Gasteiger partial charge in [0.05, 0.1) is 23.7 Å². The van der Waals surface area contributed by atoms with Crippen molar-refractivity contribution in [1.29, 1.82) is 0 Å². The molecule has 1 aliphatic heterocycles. The third kappa shape index (κ3) is 6.32. The fraction of sp³-hybridized carbons (Fsp3) is 0.294. The van der Waals surface area contributed by atoms with E-state index < -0.39 is 17.3 Å². The number of aromatic nitrogens is 5. The van der Waals surface area contributed by atoms with Crippen molar-refractivity contribution in [1.82, 2.24) is 29.2 Å². The Labute approximate surface area is 283 Å². The van der Waals surface area contributed by atoms with Crippen LogP contribution >= 0.6 is 15.9 Å². The highest BCUT2D eigenvalue weighted by atomic mass is 79.9. The summed E-state index contributed by atoms with van der Waals surface area (Å²) in [7, 11) is 1.49. The minimum atomic E-state index is -0.622. The number of nitrogens with zero attached hydrogens (tertiary/aromatic N) is 6. The SMILES string of the molecule is COCc1c(Br)cc(C(=O)Nc2ccc(-c3nn(C4CCN(C(=O)C(C)C)CC4)c4ncnc(N)c34)cc2)c(=O)n1-c1ccc(F)cc1. The number of hydrogen-bond acceptors (Lipinski definition) is 8. The number of rotatable bonds is 8. The van der Waals surface area contributed by atoms with Crippen LogP contribution in [0.1, 0.15) is 48.8 Å². The third-order valence-corrected chi connectivity index (χ3v) is 9.10. The van der Waals surface area contributed by atoms with E-state index in [4.69, 9.17) is 15.6 Å². The number of halogens is 2. The van der Waals surface area contributed by atoms with Crippen LogP contribution in [0.3, 0.4) is 0 Å².